The minimum absolute atomic E-state index is 0.108. The van der Waals surface area contributed by atoms with Crippen LogP contribution in [-0.2, 0) is 19.1 Å². The normalized spacial score (nSPS) is 19.7. The minimum atomic E-state index is -0.890. The highest BCUT2D eigenvalue weighted by Crippen LogP contribution is 2.29. The fourth-order valence-electron chi connectivity index (χ4n) is 1.68. The van der Waals surface area contributed by atoms with E-state index in [0.29, 0.717) is 6.61 Å². The van der Waals surface area contributed by atoms with Crippen LogP contribution in [0.15, 0.2) is 12.3 Å². The van der Waals surface area contributed by atoms with E-state index in [4.69, 9.17) is 9.47 Å². The molecule has 0 unspecified atom stereocenters. The van der Waals surface area contributed by atoms with Gasteiger partial charge in [-0.3, -0.25) is 9.59 Å². The maximum atomic E-state index is 12.0. The van der Waals surface area contributed by atoms with Crippen molar-refractivity contribution in [2.75, 3.05) is 13.2 Å². The third-order valence-corrected chi connectivity index (χ3v) is 2.78. The molecule has 1 atom stereocenters. The molecule has 106 valence electrons. The zero-order valence-electron chi connectivity index (χ0n) is 11.6. The number of carbonyl (C=O) groups is 3. The van der Waals surface area contributed by atoms with E-state index in [1.54, 1.807) is 6.92 Å². The molecule has 1 saturated heterocycles. The average molecular weight is 269 g/mol. The third kappa shape index (κ3) is 3.56. The SMILES string of the molecule is CCOC=CC(=O)C(=O)N1C(=O)OC[C@@H]1C(C)(C)C. The summed E-state index contributed by atoms with van der Waals surface area (Å²) in [6, 6.07) is -0.447. The number of amides is 2. The molecular weight excluding hydrogens is 250 g/mol. The number of ketones is 1. The van der Waals surface area contributed by atoms with Crippen LogP contribution in [0.25, 0.3) is 0 Å². The lowest BCUT2D eigenvalue weighted by Crippen LogP contribution is -2.48. The van der Waals surface area contributed by atoms with Crippen LogP contribution in [-0.4, -0.2) is 41.9 Å². The lowest BCUT2D eigenvalue weighted by molar-refractivity contribution is -0.141. The molecule has 1 rings (SSSR count). The number of ether oxygens (including phenoxy) is 2. The van der Waals surface area contributed by atoms with Crippen LogP contribution >= 0.6 is 0 Å². The zero-order valence-corrected chi connectivity index (χ0v) is 11.6. The van der Waals surface area contributed by atoms with Crippen molar-refractivity contribution in [3.05, 3.63) is 12.3 Å². The molecule has 6 heteroatoms. The monoisotopic (exact) mass is 269 g/mol. The minimum Gasteiger partial charge on any atom is -0.501 e. The van der Waals surface area contributed by atoms with E-state index in [9.17, 15) is 14.4 Å². The van der Waals surface area contributed by atoms with Gasteiger partial charge < -0.3 is 9.47 Å². The van der Waals surface area contributed by atoms with Crippen LogP contribution in [0.1, 0.15) is 27.7 Å². The van der Waals surface area contributed by atoms with Crippen LogP contribution in [0.4, 0.5) is 4.79 Å². The molecular formula is C13H19NO5. The van der Waals surface area contributed by atoms with Crippen molar-refractivity contribution in [1.29, 1.82) is 0 Å². The Morgan fingerprint density at radius 2 is 2.11 bits per heavy atom. The van der Waals surface area contributed by atoms with Gasteiger partial charge in [-0.15, -0.1) is 0 Å². The standard InChI is InChI=1S/C13H19NO5/c1-5-18-7-6-9(15)11(16)14-10(13(2,3)4)8-19-12(14)17/h6-7,10H,5,8H2,1-4H3/t10-/m1/s1. The molecule has 2 amide bonds. The van der Waals surface area contributed by atoms with E-state index in [1.165, 1.54) is 0 Å². The van der Waals surface area contributed by atoms with Crippen molar-refractivity contribution in [2.24, 2.45) is 5.41 Å². The van der Waals surface area contributed by atoms with E-state index in [-0.39, 0.29) is 12.0 Å². The first-order valence-electron chi connectivity index (χ1n) is 6.11. The summed E-state index contributed by atoms with van der Waals surface area (Å²) < 4.78 is 9.71. The largest absolute Gasteiger partial charge is 0.501 e. The Kier molecular flexibility index (Phi) is 4.69. The number of hydrogen-bond acceptors (Lipinski definition) is 5. The fourth-order valence-corrected chi connectivity index (χ4v) is 1.68. The van der Waals surface area contributed by atoms with Crippen molar-refractivity contribution >= 4 is 17.8 Å². The molecule has 0 saturated carbocycles. The summed E-state index contributed by atoms with van der Waals surface area (Å²) in [7, 11) is 0. The molecule has 19 heavy (non-hydrogen) atoms. The van der Waals surface area contributed by atoms with Gasteiger partial charge in [-0.2, -0.15) is 0 Å². The number of imide groups is 1. The van der Waals surface area contributed by atoms with Gasteiger partial charge in [0, 0.05) is 6.08 Å². The highest BCUT2D eigenvalue weighted by Gasteiger charge is 2.45. The highest BCUT2D eigenvalue weighted by atomic mass is 16.6. The van der Waals surface area contributed by atoms with Crippen molar-refractivity contribution < 1.29 is 23.9 Å². The van der Waals surface area contributed by atoms with Gasteiger partial charge in [-0.05, 0) is 12.3 Å². The first-order chi connectivity index (χ1) is 8.79. The second-order valence-electron chi connectivity index (χ2n) is 5.26. The molecule has 0 bridgehead atoms. The molecule has 0 aromatic heterocycles. The van der Waals surface area contributed by atoms with Gasteiger partial charge >= 0.3 is 12.0 Å². The van der Waals surface area contributed by atoms with Gasteiger partial charge in [0.2, 0.25) is 5.78 Å². The number of nitrogens with zero attached hydrogens (tertiary/aromatic N) is 1. The second-order valence-corrected chi connectivity index (χ2v) is 5.26. The summed E-state index contributed by atoms with van der Waals surface area (Å²) in [6.45, 7) is 7.89. The van der Waals surface area contributed by atoms with E-state index in [0.717, 1.165) is 17.2 Å². The van der Waals surface area contributed by atoms with Crippen LogP contribution in [0.3, 0.4) is 0 Å². The van der Waals surface area contributed by atoms with Gasteiger partial charge in [0.1, 0.15) is 6.61 Å². The molecule has 0 spiro atoms. The molecule has 0 aromatic rings. The molecule has 1 aliphatic heterocycles. The molecule has 0 N–H and O–H groups in total. The van der Waals surface area contributed by atoms with Gasteiger partial charge in [0.25, 0.3) is 0 Å². The predicted molar refractivity (Wildman–Crippen MR) is 67.2 cm³/mol. The Hall–Kier alpha value is -1.85. The number of rotatable bonds is 4. The maximum absolute atomic E-state index is 12.0. The lowest BCUT2D eigenvalue weighted by atomic mass is 9.86. The molecule has 1 aliphatic rings. The first-order valence-corrected chi connectivity index (χ1v) is 6.11. The number of cyclic esters (lactones) is 1. The summed E-state index contributed by atoms with van der Waals surface area (Å²) in [6.07, 6.45) is 1.38. The van der Waals surface area contributed by atoms with E-state index in [1.807, 2.05) is 20.8 Å². The van der Waals surface area contributed by atoms with E-state index < -0.39 is 23.8 Å². The maximum Gasteiger partial charge on any atom is 0.417 e. The Morgan fingerprint density at radius 3 is 2.63 bits per heavy atom. The summed E-state index contributed by atoms with van der Waals surface area (Å²) >= 11 is 0. The molecule has 0 radical (unpaired) electrons. The van der Waals surface area contributed by atoms with E-state index >= 15 is 0 Å². The topological polar surface area (TPSA) is 72.9 Å². The third-order valence-electron chi connectivity index (χ3n) is 2.78. The van der Waals surface area contributed by atoms with Crippen molar-refractivity contribution in [1.82, 2.24) is 4.90 Å². The van der Waals surface area contributed by atoms with Crippen molar-refractivity contribution in [3.8, 4) is 0 Å². The lowest BCUT2D eigenvalue weighted by Gasteiger charge is -2.30. The predicted octanol–water partition coefficient (Wildman–Crippen LogP) is 1.50. The smallest absolute Gasteiger partial charge is 0.417 e. The van der Waals surface area contributed by atoms with Crippen LogP contribution in [0.5, 0.6) is 0 Å². The highest BCUT2D eigenvalue weighted by molar-refractivity contribution is 6.42. The summed E-state index contributed by atoms with van der Waals surface area (Å²) in [5, 5.41) is 0. The Morgan fingerprint density at radius 1 is 1.47 bits per heavy atom. The average Bonchev–Trinajstić information content (AvgIpc) is 2.70. The molecule has 6 nitrogen and oxygen atoms in total. The summed E-state index contributed by atoms with van der Waals surface area (Å²) in [4.78, 5) is 36.1. The Bertz CT molecular complexity index is 408. The number of hydrogen-bond donors (Lipinski definition) is 0. The van der Waals surface area contributed by atoms with Crippen LogP contribution in [0.2, 0.25) is 0 Å². The molecule has 0 aliphatic carbocycles. The fraction of sp³-hybridized carbons (Fsp3) is 0.615. The van der Waals surface area contributed by atoms with Crippen molar-refractivity contribution in [3.63, 3.8) is 0 Å². The number of carbonyl (C=O) groups excluding carboxylic acids is 3. The zero-order chi connectivity index (χ0) is 14.6. The molecule has 1 heterocycles. The van der Waals surface area contributed by atoms with Crippen LogP contribution < -0.4 is 0 Å². The van der Waals surface area contributed by atoms with Crippen molar-refractivity contribution in [2.45, 2.75) is 33.7 Å². The van der Waals surface area contributed by atoms with Gasteiger partial charge in [0.15, 0.2) is 0 Å². The van der Waals surface area contributed by atoms with Gasteiger partial charge in [0.05, 0.1) is 18.9 Å². The van der Waals surface area contributed by atoms with E-state index in [2.05, 4.69) is 0 Å². The Balaban J connectivity index is 2.84. The second kappa shape index (κ2) is 5.86. The quantitative estimate of drug-likeness (QED) is 0.439. The van der Waals surface area contributed by atoms with Crippen LogP contribution in [0, 0.1) is 5.41 Å². The van der Waals surface area contributed by atoms with Gasteiger partial charge in [-0.25, -0.2) is 9.69 Å². The van der Waals surface area contributed by atoms with Gasteiger partial charge in [-0.1, -0.05) is 20.8 Å². The first kappa shape index (κ1) is 15.2. The molecule has 1 fully saturated rings. The summed E-state index contributed by atoms with van der Waals surface area (Å²) in [5.41, 5.74) is -0.355. The Labute approximate surface area is 112 Å². The summed E-state index contributed by atoms with van der Waals surface area (Å²) in [5.74, 6) is -1.69. The molecule has 0 aromatic carbocycles.